The third-order valence-electron chi connectivity index (χ3n) is 5.96. The number of alkyl carbamates (subject to hydrolysis) is 1. The number of aromatic nitrogens is 2. The summed E-state index contributed by atoms with van der Waals surface area (Å²) in [5.41, 5.74) is 0.0566. The fourth-order valence-corrected chi connectivity index (χ4v) is 5.77. The van der Waals surface area contributed by atoms with Gasteiger partial charge >= 0.3 is 6.09 Å². The first-order chi connectivity index (χ1) is 15.8. The monoisotopic (exact) mass is 495 g/mol. The van der Waals surface area contributed by atoms with Crippen LogP contribution in [0.25, 0.3) is 0 Å². The molecule has 0 spiro atoms. The van der Waals surface area contributed by atoms with E-state index in [4.69, 9.17) is 16.3 Å². The number of ether oxygens (including phenoxy) is 1. The number of carbonyl (C=O) groups is 1. The molecule has 2 aliphatic rings. The van der Waals surface area contributed by atoms with Crippen molar-refractivity contribution in [3.63, 3.8) is 0 Å². The first-order valence-corrected chi connectivity index (χ1v) is 12.7. The highest BCUT2D eigenvalue weighted by Crippen LogP contribution is 2.26. The normalized spacial score (nSPS) is 23.3. The SMILES string of the molecule is O=C(N[C@H]1CC[C@H](NS(=O)(=O)c2ccccc2)CC1)O[C@@H]1CCN(c2cn[nH]c(=O)c2Cl)C1. The molecule has 0 unspecified atom stereocenters. The Morgan fingerprint density at radius 3 is 2.55 bits per heavy atom. The minimum atomic E-state index is -3.55. The summed E-state index contributed by atoms with van der Waals surface area (Å²) in [5.74, 6) is 0. The third kappa shape index (κ3) is 5.84. The van der Waals surface area contributed by atoms with Gasteiger partial charge in [-0.25, -0.2) is 23.0 Å². The van der Waals surface area contributed by atoms with Gasteiger partial charge in [-0.2, -0.15) is 5.10 Å². The molecule has 3 N–H and O–H groups in total. The van der Waals surface area contributed by atoms with Gasteiger partial charge in [0.05, 0.1) is 23.3 Å². The standard InChI is InChI=1S/C21H26ClN5O5S/c22-19-18(12-23-25-20(19)28)27-11-10-16(13-27)32-21(29)24-14-6-8-15(9-7-14)26-33(30,31)17-4-2-1-3-5-17/h1-5,12,14-16,26H,6-11,13H2,(H,24,29)(H,25,28)/t14-,15-,16-/m1/s1. The molecular formula is C21H26ClN5O5S. The minimum Gasteiger partial charge on any atom is -0.444 e. The van der Waals surface area contributed by atoms with E-state index in [1.165, 1.54) is 6.20 Å². The molecule has 10 nitrogen and oxygen atoms in total. The second kappa shape index (κ2) is 10.1. The summed E-state index contributed by atoms with van der Waals surface area (Å²) in [6.45, 7) is 1.02. The van der Waals surface area contributed by atoms with E-state index >= 15 is 0 Å². The summed E-state index contributed by atoms with van der Waals surface area (Å²) in [6.07, 6.45) is 3.84. The van der Waals surface area contributed by atoms with Crippen molar-refractivity contribution in [1.29, 1.82) is 0 Å². The molecule has 1 amide bonds. The first-order valence-electron chi connectivity index (χ1n) is 10.8. The zero-order valence-corrected chi connectivity index (χ0v) is 19.4. The Kier molecular flexibility index (Phi) is 7.20. The van der Waals surface area contributed by atoms with Crippen LogP contribution in [0.2, 0.25) is 5.02 Å². The molecule has 1 saturated carbocycles. The number of hydrogen-bond acceptors (Lipinski definition) is 7. The topological polar surface area (TPSA) is 133 Å². The summed E-state index contributed by atoms with van der Waals surface area (Å²) in [4.78, 5) is 26.1. The number of sulfonamides is 1. The molecule has 2 aromatic rings. The van der Waals surface area contributed by atoms with Gasteiger partial charge in [0.1, 0.15) is 11.1 Å². The van der Waals surface area contributed by atoms with Gasteiger partial charge in [0.2, 0.25) is 10.0 Å². The van der Waals surface area contributed by atoms with Crippen LogP contribution >= 0.6 is 11.6 Å². The molecule has 1 atom stereocenters. The van der Waals surface area contributed by atoms with Crippen LogP contribution in [0.1, 0.15) is 32.1 Å². The Hall–Kier alpha value is -2.63. The van der Waals surface area contributed by atoms with Crippen molar-refractivity contribution in [1.82, 2.24) is 20.2 Å². The van der Waals surface area contributed by atoms with E-state index in [1.54, 1.807) is 30.3 Å². The molecule has 4 rings (SSSR count). The summed E-state index contributed by atoms with van der Waals surface area (Å²) in [5, 5.41) is 9.00. The van der Waals surface area contributed by atoms with Crippen LogP contribution < -0.4 is 20.5 Å². The molecule has 33 heavy (non-hydrogen) atoms. The molecule has 12 heteroatoms. The number of amides is 1. The highest BCUT2D eigenvalue weighted by molar-refractivity contribution is 7.89. The lowest BCUT2D eigenvalue weighted by molar-refractivity contribution is 0.102. The van der Waals surface area contributed by atoms with E-state index in [-0.39, 0.29) is 28.1 Å². The smallest absolute Gasteiger partial charge is 0.407 e. The van der Waals surface area contributed by atoms with Crippen LogP contribution in [0.4, 0.5) is 10.5 Å². The predicted molar refractivity (Wildman–Crippen MR) is 123 cm³/mol. The van der Waals surface area contributed by atoms with Crippen molar-refractivity contribution in [2.75, 3.05) is 18.0 Å². The molecule has 178 valence electrons. The van der Waals surface area contributed by atoms with Crippen LogP contribution in [0.3, 0.4) is 0 Å². The van der Waals surface area contributed by atoms with E-state index in [9.17, 15) is 18.0 Å². The minimum absolute atomic E-state index is 0.0646. The Morgan fingerprint density at radius 2 is 1.82 bits per heavy atom. The van der Waals surface area contributed by atoms with Gasteiger partial charge in [-0.15, -0.1) is 0 Å². The molecule has 1 aromatic carbocycles. The number of nitrogens with zero attached hydrogens (tertiary/aromatic N) is 2. The molecule has 0 radical (unpaired) electrons. The fraction of sp³-hybridized carbons (Fsp3) is 0.476. The highest BCUT2D eigenvalue weighted by Gasteiger charge is 2.30. The average molecular weight is 496 g/mol. The van der Waals surface area contributed by atoms with E-state index in [0.29, 0.717) is 50.9 Å². The zero-order chi connectivity index (χ0) is 23.4. The number of nitrogens with one attached hydrogen (secondary N) is 3. The van der Waals surface area contributed by atoms with Gasteiger partial charge < -0.3 is 15.0 Å². The van der Waals surface area contributed by atoms with Crippen LogP contribution in [0.5, 0.6) is 0 Å². The van der Waals surface area contributed by atoms with Crippen LogP contribution in [0.15, 0.2) is 46.2 Å². The highest BCUT2D eigenvalue weighted by atomic mass is 35.5. The van der Waals surface area contributed by atoms with E-state index in [2.05, 4.69) is 20.2 Å². The molecule has 2 heterocycles. The molecule has 1 aromatic heterocycles. The Balaban J connectivity index is 1.21. The molecule has 0 bridgehead atoms. The van der Waals surface area contributed by atoms with E-state index in [1.807, 2.05) is 4.90 Å². The Bertz CT molecular complexity index is 1140. The number of hydrogen-bond donors (Lipinski definition) is 3. The zero-order valence-electron chi connectivity index (χ0n) is 17.9. The van der Waals surface area contributed by atoms with E-state index < -0.39 is 21.7 Å². The maximum atomic E-state index is 12.5. The lowest BCUT2D eigenvalue weighted by atomic mass is 9.92. The fourth-order valence-electron chi connectivity index (χ4n) is 4.23. The third-order valence-corrected chi connectivity index (χ3v) is 7.86. The summed E-state index contributed by atoms with van der Waals surface area (Å²) in [7, 11) is -3.55. The number of halogens is 1. The van der Waals surface area contributed by atoms with Gasteiger partial charge in [-0.1, -0.05) is 29.8 Å². The Morgan fingerprint density at radius 1 is 1.12 bits per heavy atom. The number of H-pyrrole nitrogens is 1. The summed E-state index contributed by atoms with van der Waals surface area (Å²) < 4.78 is 33.3. The van der Waals surface area contributed by atoms with Crippen molar-refractivity contribution in [2.45, 2.75) is 55.2 Å². The van der Waals surface area contributed by atoms with Crippen molar-refractivity contribution in [3.8, 4) is 0 Å². The molecule has 2 fully saturated rings. The lowest BCUT2D eigenvalue weighted by Gasteiger charge is -2.29. The number of rotatable bonds is 6. The maximum absolute atomic E-state index is 12.5. The van der Waals surface area contributed by atoms with Gasteiger partial charge in [-0.3, -0.25) is 4.79 Å². The first kappa shape index (κ1) is 23.5. The van der Waals surface area contributed by atoms with Crippen molar-refractivity contribution in [3.05, 3.63) is 51.9 Å². The molecule has 1 aliphatic heterocycles. The second-order valence-corrected chi connectivity index (χ2v) is 10.4. The number of carbonyl (C=O) groups excluding carboxylic acids is 1. The second-order valence-electron chi connectivity index (χ2n) is 8.29. The van der Waals surface area contributed by atoms with Crippen LogP contribution in [-0.2, 0) is 14.8 Å². The number of benzene rings is 1. The van der Waals surface area contributed by atoms with Gasteiger partial charge in [-0.05, 0) is 37.8 Å². The summed E-state index contributed by atoms with van der Waals surface area (Å²) >= 11 is 6.05. The molecule has 1 saturated heterocycles. The number of anilines is 1. The van der Waals surface area contributed by atoms with Crippen LogP contribution in [0, 0.1) is 0 Å². The maximum Gasteiger partial charge on any atom is 0.407 e. The Labute approximate surface area is 196 Å². The molecular weight excluding hydrogens is 470 g/mol. The molecule has 1 aliphatic carbocycles. The van der Waals surface area contributed by atoms with Crippen molar-refractivity contribution in [2.24, 2.45) is 0 Å². The average Bonchev–Trinajstić information content (AvgIpc) is 3.25. The van der Waals surface area contributed by atoms with E-state index in [0.717, 1.165) is 0 Å². The number of aromatic amines is 1. The largest absolute Gasteiger partial charge is 0.444 e. The lowest BCUT2D eigenvalue weighted by Crippen LogP contribution is -2.44. The van der Waals surface area contributed by atoms with Gasteiger partial charge in [0.15, 0.2) is 0 Å². The van der Waals surface area contributed by atoms with Crippen molar-refractivity contribution >= 4 is 33.4 Å². The van der Waals surface area contributed by atoms with Crippen molar-refractivity contribution < 1.29 is 17.9 Å². The van der Waals surface area contributed by atoms with Crippen LogP contribution in [-0.4, -0.2) is 56.0 Å². The summed E-state index contributed by atoms with van der Waals surface area (Å²) in [6, 6.07) is 8.04. The van der Waals surface area contributed by atoms with Gasteiger partial charge in [0.25, 0.3) is 5.56 Å². The predicted octanol–water partition coefficient (Wildman–Crippen LogP) is 2.02. The quantitative estimate of drug-likeness (QED) is 0.558. The van der Waals surface area contributed by atoms with Gasteiger partial charge in [0, 0.05) is 25.0 Å².